The number of rotatable bonds is 2. The van der Waals surface area contributed by atoms with Gasteiger partial charge in [0.25, 0.3) is 0 Å². The first-order chi connectivity index (χ1) is 13.0. The van der Waals surface area contributed by atoms with E-state index in [1.165, 1.54) is 44.1 Å². The minimum atomic E-state index is -1.45. The summed E-state index contributed by atoms with van der Waals surface area (Å²) in [4.78, 5) is 0.785. The molecule has 5 rings (SSSR count). The van der Waals surface area contributed by atoms with Gasteiger partial charge in [0.1, 0.15) is 0 Å². The fourth-order valence-corrected chi connectivity index (χ4v) is 14.5. The van der Waals surface area contributed by atoms with E-state index in [4.69, 9.17) is 0 Å². The molecule has 1 aromatic carbocycles. The fourth-order valence-electron chi connectivity index (χ4n) is 8.25. The first kappa shape index (κ1) is 18.7. The van der Waals surface area contributed by atoms with Gasteiger partial charge in [-0.2, -0.15) is 0 Å². The van der Waals surface area contributed by atoms with E-state index in [0.29, 0.717) is 0 Å². The molecule has 2 heteroatoms. The predicted molar refractivity (Wildman–Crippen MR) is 123 cm³/mol. The third-order valence-electron chi connectivity index (χ3n) is 9.11. The standard InChI is InChI=1S/C25H35BrSi/c1-16-14-21-19-10-6-7-11-20(19)23(26)15-22(21)25(16)27(2,3)24-13-12-17-8-4-5-9-18(17)24/h4-5,8-9,12-13,16,19-25H,6-7,10-11,14-15H2,1-3H3. The molecule has 3 saturated carbocycles. The molecule has 0 radical (unpaired) electrons. The lowest BCUT2D eigenvalue weighted by Crippen LogP contribution is -2.47. The van der Waals surface area contributed by atoms with Crippen molar-refractivity contribution in [1.29, 1.82) is 0 Å². The Labute approximate surface area is 175 Å². The van der Waals surface area contributed by atoms with Gasteiger partial charge in [0.2, 0.25) is 0 Å². The second kappa shape index (κ2) is 6.87. The topological polar surface area (TPSA) is 0 Å². The van der Waals surface area contributed by atoms with Crippen LogP contribution in [-0.4, -0.2) is 12.9 Å². The van der Waals surface area contributed by atoms with Gasteiger partial charge in [-0.05, 0) is 77.5 Å². The molecule has 0 nitrogen and oxygen atoms in total. The van der Waals surface area contributed by atoms with Crippen LogP contribution in [0.2, 0.25) is 18.6 Å². The Hall–Kier alpha value is -0.343. The Balaban J connectivity index is 1.47. The van der Waals surface area contributed by atoms with Crippen molar-refractivity contribution in [3.63, 3.8) is 0 Å². The third kappa shape index (κ3) is 2.88. The largest absolute Gasteiger partial charge is 0.0887 e. The van der Waals surface area contributed by atoms with E-state index in [9.17, 15) is 0 Å². The summed E-state index contributed by atoms with van der Waals surface area (Å²) in [7, 11) is -1.45. The Morgan fingerprint density at radius 2 is 1.67 bits per heavy atom. The van der Waals surface area contributed by atoms with Gasteiger partial charge in [-0.15, -0.1) is 0 Å². The maximum atomic E-state index is 4.19. The molecule has 0 aromatic heterocycles. The van der Waals surface area contributed by atoms with Gasteiger partial charge in [-0.25, -0.2) is 0 Å². The van der Waals surface area contributed by atoms with Gasteiger partial charge in [-0.1, -0.05) is 85.2 Å². The predicted octanol–water partition coefficient (Wildman–Crippen LogP) is 7.66. The maximum Gasteiger partial charge on any atom is 0.0632 e. The molecule has 0 spiro atoms. The molecule has 4 aliphatic carbocycles. The lowest BCUT2D eigenvalue weighted by atomic mass is 9.62. The van der Waals surface area contributed by atoms with Gasteiger partial charge in [0.05, 0.1) is 8.07 Å². The minimum Gasteiger partial charge on any atom is -0.0887 e. The fraction of sp³-hybridized carbons (Fsp3) is 0.680. The van der Waals surface area contributed by atoms with Crippen molar-refractivity contribution in [2.24, 2.45) is 29.6 Å². The third-order valence-corrected chi connectivity index (χ3v) is 15.0. The van der Waals surface area contributed by atoms with Crippen LogP contribution in [-0.2, 0) is 0 Å². The molecule has 0 saturated heterocycles. The van der Waals surface area contributed by atoms with E-state index in [0.717, 1.165) is 45.5 Å². The minimum absolute atomic E-state index is 0.720. The first-order valence-corrected chi connectivity index (χ1v) is 15.5. The summed E-state index contributed by atoms with van der Waals surface area (Å²) in [5, 5.41) is 0. The number of alkyl halides is 1. The Morgan fingerprint density at radius 3 is 2.48 bits per heavy atom. The van der Waals surface area contributed by atoms with E-state index in [1.807, 2.05) is 0 Å². The quantitative estimate of drug-likeness (QED) is 0.325. The van der Waals surface area contributed by atoms with Crippen LogP contribution in [0.15, 0.2) is 30.3 Å². The molecule has 4 aliphatic rings. The van der Waals surface area contributed by atoms with Crippen molar-refractivity contribution in [3.05, 3.63) is 41.5 Å². The van der Waals surface area contributed by atoms with Crippen molar-refractivity contribution in [2.45, 2.75) is 74.5 Å². The Kier molecular flexibility index (Phi) is 4.75. The summed E-state index contributed by atoms with van der Waals surface area (Å²) in [5.41, 5.74) is 4.81. The van der Waals surface area contributed by atoms with Crippen LogP contribution in [0, 0.1) is 29.6 Å². The molecule has 1 aromatic rings. The van der Waals surface area contributed by atoms with Crippen LogP contribution in [0.3, 0.4) is 0 Å². The highest BCUT2D eigenvalue weighted by molar-refractivity contribution is 9.09. The van der Waals surface area contributed by atoms with Crippen LogP contribution in [0.5, 0.6) is 0 Å². The van der Waals surface area contributed by atoms with E-state index in [-0.39, 0.29) is 0 Å². The molecule has 0 bridgehead atoms. The van der Waals surface area contributed by atoms with Crippen LogP contribution in [0.1, 0.15) is 62.1 Å². The van der Waals surface area contributed by atoms with Crippen LogP contribution < -0.4 is 0 Å². The smallest absolute Gasteiger partial charge is 0.0632 e. The summed E-state index contributed by atoms with van der Waals surface area (Å²) in [5.74, 6) is 4.92. The van der Waals surface area contributed by atoms with E-state index >= 15 is 0 Å². The van der Waals surface area contributed by atoms with E-state index in [1.54, 1.807) is 5.56 Å². The van der Waals surface area contributed by atoms with Crippen molar-refractivity contribution in [2.75, 3.05) is 0 Å². The summed E-state index contributed by atoms with van der Waals surface area (Å²) >= 11 is 4.19. The lowest BCUT2D eigenvalue weighted by molar-refractivity contribution is 0.0798. The van der Waals surface area contributed by atoms with Crippen molar-refractivity contribution in [3.8, 4) is 0 Å². The number of hydrogen-bond donors (Lipinski definition) is 0. The van der Waals surface area contributed by atoms with Gasteiger partial charge in [0, 0.05) is 4.83 Å². The molecule has 27 heavy (non-hydrogen) atoms. The lowest BCUT2D eigenvalue weighted by Gasteiger charge is -2.50. The number of fused-ring (bicyclic) bond motifs is 4. The first-order valence-electron chi connectivity index (χ1n) is 11.4. The number of halogens is 1. The van der Waals surface area contributed by atoms with Gasteiger partial charge >= 0.3 is 0 Å². The highest BCUT2D eigenvalue weighted by Crippen LogP contribution is 2.63. The molecular formula is C25H35BrSi. The second-order valence-electron chi connectivity index (χ2n) is 10.7. The number of benzene rings is 1. The maximum absolute atomic E-state index is 4.19. The molecular weight excluding hydrogens is 408 g/mol. The number of hydrogen-bond acceptors (Lipinski definition) is 0. The zero-order valence-electron chi connectivity index (χ0n) is 17.2. The normalized spacial score (nSPS) is 43.3. The van der Waals surface area contributed by atoms with Crippen LogP contribution in [0.4, 0.5) is 0 Å². The van der Waals surface area contributed by atoms with Crippen LogP contribution >= 0.6 is 15.9 Å². The molecule has 0 amide bonds. The molecule has 0 aliphatic heterocycles. The van der Waals surface area contributed by atoms with E-state index < -0.39 is 8.07 Å². The molecule has 0 N–H and O–H groups in total. The summed E-state index contributed by atoms with van der Waals surface area (Å²) < 4.78 is 0. The van der Waals surface area contributed by atoms with Gasteiger partial charge < -0.3 is 0 Å². The monoisotopic (exact) mass is 442 g/mol. The van der Waals surface area contributed by atoms with Crippen LogP contribution in [0.25, 0.3) is 6.08 Å². The van der Waals surface area contributed by atoms with Gasteiger partial charge in [0.15, 0.2) is 0 Å². The van der Waals surface area contributed by atoms with E-state index in [2.05, 4.69) is 72.4 Å². The summed E-state index contributed by atoms with van der Waals surface area (Å²) in [6.07, 6.45) is 13.9. The second-order valence-corrected chi connectivity index (χ2v) is 16.8. The van der Waals surface area contributed by atoms with Crippen molar-refractivity contribution < 1.29 is 0 Å². The summed E-state index contributed by atoms with van der Waals surface area (Å²) in [6.45, 7) is 8.07. The molecule has 8 unspecified atom stereocenters. The zero-order valence-corrected chi connectivity index (χ0v) is 19.8. The Bertz CT molecular complexity index is 738. The molecule has 146 valence electrons. The van der Waals surface area contributed by atoms with Gasteiger partial charge in [-0.3, -0.25) is 0 Å². The number of allylic oxidation sites excluding steroid dienone is 1. The summed E-state index contributed by atoms with van der Waals surface area (Å²) in [6, 6.07) is 9.19. The highest BCUT2D eigenvalue weighted by Gasteiger charge is 2.57. The highest BCUT2D eigenvalue weighted by atomic mass is 79.9. The Morgan fingerprint density at radius 1 is 0.926 bits per heavy atom. The average Bonchev–Trinajstić information content (AvgIpc) is 3.23. The molecule has 3 fully saturated rings. The SMILES string of the molecule is CC1CC2C3CCCCC3C(Br)CC2C1[Si](C)(C)C1C=Cc2ccccc21. The van der Waals surface area contributed by atoms with Crippen molar-refractivity contribution >= 4 is 30.1 Å². The zero-order chi connectivity index (χ0) is 18.8. The molecule has 0 heterocycles. The average molecular weight is 444 g/mol. The molecule has 8 atom stereocenters. The van der Waals surface area contributed by atoms with Crippen molar-refractivity contribution in [1.82, 2.24) is 0 Å².